The molecule has 0 aliphatic carbocycles. The Kier molecular flexibility index (Phi) is 6.02. The Morgan fingerprint density at radius 1 is 1.43 bits per heavy atom. The van der Waals surface area contributed by atoms with E-state index in [2.05, 4.69) is 5.32 Å². The maximum absolute atomic E-state index is 12.7. The number of hydrogen-bond donors (Lipinski definition) is 2. The summed E-state index contributed by atoms with van der Waals surface area (Å²) in [5.74, 6) is 0.0861. The molecule has 1 saturated heterocycles. The Bertz CT molecular complexity index is 589. The Hall–Kier alpha value is -1.59. The zero-order valence-electron chi connectivity index (χ0n) is 13.6. The molecule has 126 valence electrons. The summed E-state index contributed by atoms with van der Waals surface area (Å²) in [5, 5.41) is 3.21. The smallest absolute Gasteiger partial charge is 0.255 e. The van der Waals surface area contributed by atoms with Crippen LogP contribution >= 0.6 is 11.6 Å². The highest BCUT2D eigenvalue weighted by atomic mass is 35.5. The molecule has 1 aliphatic rings. The van der Waals surface area contributed by atoms with Crippen LogP contribution in [0.3, 0.4) is 0 Å². The number of carbonyl (C=O) groups is 2. The van der Waals surface area contributed by atoms with Crippen molar-refractivity contribution in [2.24, 2.45) is 11.7 Å². The molecule has 6 heteroatoms. The Morgan fingerprint density at radius 3 is 2.83 bits per heavy atom. The number of nitrogens with zero attached hydrogens (tertiary/aromatic N) is 1. The molecule has 0 bridgehead atoms. The SMILES string of the molecule is CC(C)CC(=O)Nc1ccc(Cl)c(C(=O)N2CCCC2CN)c1. The first-order chi connectivity index (χ1) is 10.9. The number of anilines is 1. The van der Waals surface area contributed by atoms with Crippen molar-refractivity contribution in [3.05, 3.63) is 28.8 Å². The van der Waals surface area contributed by atoms with Crippen LogP contribution in [-0.4, -0.2) is 35.8 Å². The number of hydrogen-bond acceptors (Lipinski definition) is 3. The number of likely N-dealkylation sites (tertiary alicyclic amines) is 1. The number of nitrogens with two attached hydrogens (primary N) is 1. The van der Waals surface area contributed by atoms with Crippen molar-refractivity contribution in [2.45, 2.75) is 39.2 Å². The lowest BCUT2D eigenvalue weighted by Gasteiger charge is -2.24. The average Bonchev–Trinajstić information content (AvgIpc) is 2.96. The van der Waals surface area contributed by atoms with Crippen molar-refractivity contribution in [1.29, 1.82) is 0 Å². The topological polar surface area (TPSA) is 75.4 Å². The molecule has 1 fully saturated rings. The molecule has 0 radical (unpaired) electrons. The largest absolute Gasteiger partial charge is 0.334 e. The maximum Gasteiger partial charge on any atom is 0.255 e. The van der Waals surface area contributed by atoms with Crippen LogP contribution < -0.4 is 11.1 Å². The van der Waals surface area contributed by atoms with Crippen molar-refractivity contribution >= 4 is 29.1 Å². The molecule has 1 aromatic rings. The van der Waals surface area contributed by atoms with Crippen LogP contribution in [0.1, 0.15) is 43.5 Å². The number of amides is 2. The summed E-state index contributed by atoms with van der Waals surface area (Å²) in [6.07, 6.45) is 2.31. The van der Waals surface area contributed by atoms with E-state index in [0.717, 1.165) is 12.8 Å². The Morgan fingerprint density at radius 2 is 2.17 bits per heavy atom. The van der Waals surface area contributed by atoms with Gasteiger partial charge in [-0.05, 0) is 37.0 Å². The molecular formula is C17H24ClN3O2. The minimum Gasteiger partial charge on any atom is -0.334 e. The van der Waals surface area contributed by atoms with Crippen LogP contribution in [0.2, 0.25) is 5.02 Å². The van der Waals surface area contributed by atoms with Crippen LogP contribution in [0.4, 0.5) is 5.69 Å². The predicted molar refractivity (Wildman–Crippen MR) is 92.6 cm³/mol. The number of halogens is 1. The van der Waals surface area contributed by atoms with Gasteiger partial charge in [0, 0.05) is 31.2 Å². The third kappa shape index (κ3) is 4.45. The van der Waals surface area contributed by atoms with E-state index in [1.54, 1.807) is 23.1 Å². The van der Waals surface area contributed by atoms with Gasteiger partial charge in [-0.25, -0.2) is 0 Å². The molecule has 5 nitrogen and oxygen atoms in total. The van der Waals surface area contributed by atoms with Crippen LogP contribution in [0, 0.1) is 5.92 Å². The average molecular weight is 338 g/mol. The van der Waals surface area contributed by atoms with E-state index in [1.807, 2.05) is 13.8 Å². The lowest BCUT2D eigenvalue weighted by atomic mass is 10.1. The summed E-state index contributed by atoms with van der Waals surface area (Å²) in [6.45, 7) is 5.11. The molecule has 0 saturated carbocycles. The van der Waals surface area contributed by atoms with Gasteiger partial charge in [0.05, 0.1) is 10.6 Å². The zero-order valence-corrected chi connectivity index (χ0v) is 14.4. The van der Waals surface area contributed by atoms with E-state index < -0.39 is 0 Å². The van der Waals surface area contributed by atoms with Crippen LogP contribution in [-0.2, 0) is 4.79 Å². The van der Waals surface area contributed by atoms with Gasteiger partial charge in [-0.15, -0.1) is 0 Å². The van der Waals surface area contributed by atoms with Crippen molar-refractivity contribution in [3.8, 4) is 0 Å². The van der Waals surface area contributed by atoms with Crippen molar-refractivity contribution in [2.75, 3.05) is 18.4 Å². The Balaban J connectivity index is 2.17. The fourth-order valence-electron chi connectivity index (χ4n) is 2.85. The summed E-state index contributed by atoms with van der Waals surface area (Å²) < 4.78 is 0. The molecule has 3 N–H and O–H groups in total. The van der Waals surface area contributed by atoms with Crippen LogP contribution in [0.15, 0.2) is 18.2 Å². The molecule has 0 aromatic heterocycles. The van der Waals surface area contributed by atoms with E-state index in [4.69, 9.17) is 17.3 Å². The second-order valence-corrected chi connectivity index (χ2v) is 6.78. The number of nitrogens with one attached hydrogen (secondary N) is 1. The first kappa shape index (κ1) is 17.8. The highest BCUT2D eigenvalue weighted by Crippen LogP contribution is 2.26. The molecule has 2 amide bonds. The Labute approximate surface area is 142 Å². The van der Waals surface area contributed by atoms with Gasteiger partial charge in [0.15, 0.2) is 0 Å². The number of benzene rings is 1. The van der Waals surface area contributed by atoms with Crippen molar-refractivity contribution in [1.82, 2.24) is 4.90 Å². The molecule has 23 heavy (non-hydrogen) atoms. The lowest BCUT2D eigenvalue weighted by Crippen LogP contribution is -2.40. The molecule has 1 heterocycles. The van der Waals surface area contributed by atoms with Gasteiger partial charge in [0.2, 0.25) is 5.91 Å². The minimum absolute atomic E-state index is 0.0674. The highest BCUT2D eigenvalue weighted by Gasteiger charge is 2.29. The molecule has 1 aliphatic heterocycles. The highest BCUT2D eigenvalue weighted by molar-refractivity contribution is 6.34. The fraction of sp³-hybridized carbons (Fsp3) is 0.529. The van der Waals surface area contributed by atoms with E-state index in [0.29, 0.717) is 35.8 Å². The predicted octanol–water partition coefficient (Wildman–Crippen LogP) is 2.89. The first-order valence-electron chi connectivity index (χ1n) is 8.02. The molecule has 1 unspecified atom stereocenters. The molecule has 0 spiro atoms. The van der Waals surface area contributed by atoms with Gasteiger partial charge in [-0.1, -0.05) is 25.4 Å². The standard InChI is InChI=1S/C17H24ClN3O2/c1-11(2)8-16(22)20-12-5-6-15(18)14(9-12)17(23)21-7-3-4-13(21)10-19/h5-6,9,11,13H,3-4,7-8,10,19H2,1-2H3,(H,20,22). The van der Waals surface area contributed by atoms with Crippen molar-refractivity contribution in [3.63, 3.8) is 0 Å². The van der Waals surface area contributed by atoms with Gasteiger partial charge >= 0.3 is 0 Å². The number of rotatable bonds is 5. The molecular weight excluding hydrogens is 314 g/mol. The van der Waals surface area contributed by atoms with Crippen molar-refractivity contribution < 1.29 is 9.59 Å². The molecule has 2 rings (SSSR count). The quantitative estimate of drug-likeness (QED) is 0.867. The second-order valence-electron chi connectivity index (χ2n) is 6.37. The summed E-state index contributed by atoms with van der Waals surface area (Å²) in [7, 11) is 0. The van der Waals surface area contributed by atoms with Crippen LogP contribution in [0.5, 0.6) is 0 Å². The molecule has 1 aromatic carbocycles. The zero-order chi connectivity index (χ0) is 17.0. The van der Waals surface area contributed by atoms with Gasteiger partial charge < -0.3 is 16.0 Å². The van der Waals surface area contributed by atoms with E-state index in [-0.39, 0.29) is 23.8 Å². The minimum atomic E-state index is -0.122. The van der Waals surface area contributed by atoms with Gasteiger partial charge in [0.25, 0.3) is 5.91 Å². The summed E-state index contributed by atoms with van der Waals surface area (Å²) in [4.78, 5) is 26.4. The third-order valence-corrected chi connectivity index (χ3v) is 4.31. The molecule has 1 atom stereocenters. The van der Waals surface area contributed by atoms with E-state index in [9.17, 15) is 9.59 Å². The maximum atomic E-state index is 12.7. The van der Waals surface area contributed by atoms with Gasteiger partial charge in [-0.3, -0.25) is 9.59 Å². The number of carbonyl (C=O) groups excluding carboxylic acids is 2. The summed E-state index contributed by atoms with van der Waals surface area (Å²) in [5.41, 5.74) is 6.74. The summed E-state index contributed by atoms with van der Waals surface area (Å²) in [6, 6.07) is 5.07. The second kappa shape index (κ2) is 7.79. The first-order valence-corrected chi connectivity index (χ1v) is 8.40. The monoisotopic (exact) mass is 337 g/mol. The lowest BCUT2D eigenvalue weighted by molar-refractivity contribution is -0.116. The van der Waals surface area contributed by atoms with Gasteiger partial charge in [0.1, 0.15) is 0 Å². The third-order valence-electron chi connectivity index (χ3n) is 3.98. The van der Waals surface area contributed by atoms with Crippen LogP contribution in [0.25, 0.3) is 0 Å². The summed E-state index contributed by atoms with van der Waals surface area (Å²) >= 11 is 6.19. The van der Waals surface area contributed by atoms with E-state index >= 15 is 0 Å². The van der Waals surface area contributed by atoms with Gasteiger partial charge in [-0.2, -0.15) is 0 Å². The fourth-order valence-corrected chi connectivity index (χ4v) is 3.05. The normalized spacial score (nSPS) is 17.6. The van der Waals surface area contributed by atoms with E-state index in [1.165, 1.54) is 0 Å².